The maximum absolute atomic E-state index is 9.14. The number of quaternary nitrogens is 1. The summed E-state index contributed by atoms with van der Waals surface area (Å²) in [5, 5.41) is 11.3. The highest BCUT2D eigenvalue weighted by Gasteiger charge is 2.11. The Kier molecular flexibility index (Phi) is 5.80. The molecule has 0 spiro atoms. The Balaban J connectivity index is 2.73. The molecule has 0 bridgehead atoms. The number of benzene rings is 1. The normalized spacial score (nSPS) is 12.2. The largest absolute Gasteiger partial charge is 0.497 e. The molecule has 4 heteroatoms. The summed E-state index contributed by atoms with van der Waals surface area (Å²) < 4.78 is 10.5. The second kappa shape index (κ2) is 7.14. The predicted molar refractivity (Wildman–Crippen MR) is 66.3 cm³/mol. The summed E-state index contributed by atoms with van der Waals surface area (Å²) in [5.74, 6) is 1.68. The number of methoxy groups -OCH3 is 2. The molecule has 0 saturated carbocycles. The Hall–Kier alpha value is -1.26. The van der Waals surface area contributed by atoms with Crippen molar-refractivity contribution in [2.24, 2.45) is 0 Å². The lowest BCUT2D eigenvalue weighted by molar-refractivity contribution is -0.706. The van der Waals surface area contributed by atoms with E-state index in [1.54, 1.807) is 14.2 Å². The molecule has 0 unspecified atom stereocenters. The Labute approximate surface area is 103 Å². The molecule has 1 aromatic carbocycles. The quantitative estimate of drug-likeness (QED) is 0.731. The van der Waals surface area contributed by atoms with Crippen LogP contribution in [0.5, 0.6) is 11.5 Å². The molecule has 0 amide bonds. The first-order valence-electron chi connectivity index (χ1n) is 5.90. The zero-order chi connectivity index (χ0) is 12.7. The summed E-state index contributed by atoms with van der Waals surface area (Å²) >= 11 is 0. The van der Waals surface area contributed by atoms with E-state index >= 15 is 0 Å². The molecule has 0 aliphatic rings. The van der Waals surface area contributed by atoms with Gasteiger partial charge < -0.3 is 19.9 Å². The van der Waals surface area contributed by atoms with Gasteiger partial charge >= 0.3 is 0 Å². The Morgan fingerprint density at radius 1 is 1.29 bits per heavy atom. The maximum Gasteiger partial charge on any atom is 0.127 e. The predicted octanol–water partition coefficient (Wildman–Crippen LogP) is 0.538. The van der Waals surface area contributed by atoms with Crippen molar-refractivity contribution >= 4 is 0 Å². The number of nitrogens with two attached hydrogens (primary N) is 1. The van der Waals surface area contributed by atoms with E-state index in [4.69, 9.17) is 14.6 Å². The van der Waals surface area contributed by atoms with Crippen LogP contribution in [0.3, 0.4) is 0 Å². The summed E-state index contributed by atoms with van der Waals surface area (Å²) in [6.07, 6.45) is 0.947. The molecule has 0 radical (unpaired) electrons. The number of hydrogen-bond donors (Lipinski definition) is 2. The van der Waals surface area contributed by atoms with Gasteiger partial charge in [0.25, 0.3) is 0 Å². The van der Waals surface area contributed by atoms with Crippen molar-refractivity contribution in [2.75, 3.05) is 20.8 Å². The second-order valence-electron chi connectivity index (χ2n) is 3.97. The number of rotatable bonds is 7. The van der Waals surface area contributed by atoms with Gasteiger partial charge in [0.15, 0.2) is 0 Å². The van der Waals surface area contributed by atoms with E-state index in [-0.39, 0.29) is 12.6 Å². The molecule has 1 aromatic rings. The lowest BCUT2D eigenvalue weighted by Gasteiger charge is -2.13. The Bertz CT molecular complexity index is 337. The van der Waals surface area contributed by atoms with Gasteiger partial charge in [-0.05, 0) is 24.6 Å². The average molecular weight is 240 g/mol. The fraction of sp³-hybridized carbons (Fsp3) is 0.538. The van der Waals surface area contributed by atoms with Crippen molar-refractivity contribution < 1.29 is 19.9 Å². The molecule has 0 aromatic heterocycles. The first-order chi connectivity index (χ1) is 8.24. The smallest absolute Gasteiger partial charge is 0.127 e. The third kappa shape index (κ3) is 3.91. The topological polar surface area (TPSA) is 55.3 Å². The molecule has 0 saturated heterocycles. The molecule has 17 heavy (non-hydrogen) atoms. The van der Waals surface area contributed by atoms with Crippen molar-refractivity contribution in [3.63, 3.8) is 0 Å². The highest BCUT2D eigenvalue weighted by molar-refractivity contribution is 5.39. The molecule has 1 rings (SSSR count). The zero-order valence-corrected chi connectivity index (χ0v) is 10.8. The summed E-state index contributed by atoms with van der Waals surface area (Å²) in [5.41, 5.74) is 1.08. The summed E-state index contributed by atoms with van der Waals surface area (Å²) in [4.78, 5) is 0. The van der Waals surface area contributed by atoms with Gasteiger partial charge in [-0.3, -0.25) is 0 Å². The van der Waals surface area contributed by atoms with Crippen LogP contribution < -0.4 is 14.8 Å². The van der Waals surface area contributed by atoms with E-state index in [0.717, 1.165) is 30.0 Å². The van der Waals surface area contributed by atoms with E-state index in [9.17, 15) is 0 Å². The van der Waals surface area contributed by atoms with E-state index in [1.807, 2.05) is 18.2 Å². The van der Waals surface area contributed by atoms with Crippen molar-refractivity contribution in [3.8, 4) is 11.5 Å². The van der Waals surface area contributed by atoms with Crippen LogP contribution in [0.15, 0.2) is 18.2 Å². The van der Waals surface area contributed by atoms with Crippen molar-refractivity contribution in [1.29, 1.82) is 0 Å². The van der Waals surface area contributed by atoms with Crippen LogP contribution in [0.1, 0.15) is 18.9 Å². The van der Waals surface area contributed by atoms with Gasteiger partial charge in [-0.25, -0.2) is 0 Å². The fourth-order valence-corrected chi connectivity index (χ4v) is 1.71. The number of aliphatic hydroxyl groups is 1. The number of ether oxygens (including phenoxy) is 2. The molecule has 1 atom stereocenters. The van der Waals surface area contributed by atoms with Crippen LogP contribution in [0.4, 0.5) is 0 Å². The van der Waals surface area contributed by atoms with Crippen molar-refractivity contribution in [2.45, 2.75) is 25.9 Å². The molecular weight excluding hydrogens is 218 g/mol. The number of aliphatic hydroxyl groups excluding tert-OH is 1. The first-order valence-corrected chi connectivity index (χ1v) is 5.90. The van der Waals surface area contributed by atoms with Crippen LogP contribution in [0.2, 0.25) is 0 Å². The minimum atomic E-state index is 0.197. The highest BCUT2D eigenvalue weighted by atomic mass is 16.5. The highest BCUT2D eigenvalue weighted by Crippen LogP contribution is 2.22. The molecule has 0 aliphatic carbocycles. The molecule has 3 N–H and O–H groups in total. The standard InChI is InChI=1S/C13H21NO3/c1-4-11(9-15)14-8-10-7-12(16-2)5-6-13(10)17-3/h5-7,11,14-15H,4,8-9H2,1-3H3/p+1/t11-/m0/s1. The molecule has 0 aliphatic heterocycles. The van der Waals surface area contributed by atoms with Crippen LogP contribution >= 0.6 is 0 Å². The first kappa shape index (κ1) is 13.8. The third-order valence-corrected chi connectivity index (χ3v) is 2.92. The second-order valence-corrected chi connectivity index (χ2v) is 3.97. The van der Waals surface area contributed by atoms with Crippen LogP contribution in [0.25, 0.3) is 0 Å². The van der Waals surface area contributed by atoms with E-state index in [1.165, 1.54) is 0 Å². The fourth-order valence-electron chi connectivity index (χ4n) is 1.71. The van der Waals surface area contributed by atoms with Crippen molar-refractivity contribution in [1.82, 2.24) is 0 Å². The van der Waals surface area contributed by atoms with Gasteiger partial charge in [0.05, 0.1) is 26.4 Å². The Morgan fingerprint density at radius 3 is 2.59 bits per heavy atom. The molecule has 0 fully saturated rings. The van der Waals surface area contributed by atoms with Crippen LogP contribution in [-0.4, -0.2) is 32.0 Å². The zero-order valence-electron chi connectivity index (χ0n) is 10.8. The maximum atomic E-state index is 9.14. The summed E-state index contributed by atoms with van der Waals surface area (Å²) in [7, 11) is 3.31. The van der Waals surface area contributed by atoms with Gasteiger partial charge in [-0.1, -0.05) is 6.92 Å². The average Bonchev–Trinajstić information content (AvgIpc) is 2.39. The number of hydrogen-bond acceptors (Lipinski definition) is 3. The van der Waals surface area contributed by atoms with Crippen LogP contribution in [-0.2, 0) is 6.54 Å². The van der Waals surface area contributed by atoms with E-state index < -0.39 is 0 Å². The van der Waals surface area contributed by atoms with Gasteiger partial charge in [-0.2, -0.15) is 0 Å². The minimum Gasteiger partial charge on any atom is -0.497 e. The van der Waals surface area contributed by atoms with E-state index in [0.29, 0.717) is 0 Å². The van der Waals surface area contributed by atoms with Gasteiger partial charge in [0, 0.05) is 0 Å². The molecule has 4 nitrogen and oxygen atoms in total. The Morgan fingerprint density at radius 2 is 2.06 bits per heavy atom. The minimum absolute atomic E-state index is 0.197. The lowest BCUT2D eigenvalue weighted by atomic mass is 10.1. The van der Waals surface area contributed by atoms with Gasteiger partial charge in [0.2, 0.25) is 0 Å². The monoisotopic (exact) mass is 240 g/mol. The van der Waals surface area contributed by atoms with Gasteiger partial charge in [-0.15, -0.1) is 0 Å². The van der Waals surface area contributed by atoms with Crippen LogP contribution in [0, 0.1) is 0 Å². The molecule has 0 heterocycles. The van der Waals surface area contributed by atoms with E-state index in [2.05, 4.69) is 12.2 Å². The van der Waals surface area contributed by atoms with Crippen molar-refractivity contribution in [3.05, 3.63) is 23.8 Å². The molecular formula is C13H22NO3+. The summed E-state index contributed by atoms with van der Waals surface area (Å²) in [6, 6.07) is 6.00. The summed E-state index contributed by atoms with van der Waals surface area (Å²) in [6.45, 7) is 3.04. The SMILES string of the molecule is CC[C@@H](CO)[NH2+]Cc1cc(OC)ccc1OC. The third-order valence-electron chi connectivity index (χ3n) is 2.92. The van der Waals surface area contributed by atoms with Gasteiger partial charge in [0.1, 0.15) is 24.1 Å². The lowest BCUT2D eigenvalue weighted by Crippen LogP contribution is -2.89. The molecule has 96 valence electrons.